The van der Waals surface area contributed by atoms with E-state index in [-0.39, 0.29) is 5.91 Å². The van der Waals surface area contributed by atoms with Gasteiger partial charge in [0, 0.05) is 12.2 Å². The Labute approximate surface area is 83.5 Å². The first-order chi connectivity index (χ1) is 5.93. The fourth-order valence-electron chi connectivity index (χ4n) is 0.716. The highest BCUT2D eigenvalue weighted by Gasteiger charge is 2.19. The van der Waals surface area contributed by atoms with Crippen LogP contribution in [-0.4, -0.2) is 18.3 Å². The zero-order valence-electron chi connectivity index (χ0n) is 8.46. The topological polar surface area (TPSA) is 46.2 Å². The summed E-state index contributed by atoms with van der Waals surface area (Å²) in [5.41, 5.74) is 0.904. The third-order valence-electron chi connectivity index (χ3n) is 1.41. The summed E-state index contributed by atoms with van der Waals surface area (Å²) in [7, 11) is 0. The molecule has 0 radical (unpaired) electrons. The molecule has 13 heavy (non-hydrogen) atoms. The molecule has 0 aliphatic rings. The van der Waals surface area contributed by atoms with Crippen LogP contribution >= 0.6 is 17.9 Å². The van der Waals surface area contributed by atoms with Crippen LogP contribution in [0.5, 0.6) is 0 Å². The lowest BCUT2D eigenvalue weighted by molar-refractivity contribution is -0.114. The molecule has 0 saturated heterocycles. The molecule has 1 unspecified atom stereocenters. The number of hydrogen-bond acceptors (Lipinski definition) is 3. The summed E-state index contributed by atoms with van der Waals surface area (Å²) < 4.78 is 11.7. The summed E-state index contributed by atoms with van der Waals surface area (Å²) in [6.07, 6.45) is 3.68. The van der Waals surface area contributed by atoms with Crippen molar-refractivity contribution < 1.29 is 9.36 Å². The largest absolute Gasteiger partial charge is 0.295 e. The first-order valence-corrected chi connectivity index (χ1v) is 7.77. The molecule has 0 aromatic heterocycles. The van der Waals surface area contributed by atoms with E-state index in [1.165, 1.54) is 17.5 Å². The van der Waals surface area contributed by atoms with Gasteiger partial charge in [-0.3, -0.25) is 14.4 Å². The molecule has 3 nitrogen and oxygen atoms in total. The maximum atomic E-state index is 11.7. The van der Waals surface area contributed by atoms with Gasteiger partial charge in [-0.1, -0.05) is 23.9 Å². The smallest absolute Gasteiger partial charge is 0.249 e. The van der Waals surface area contributed by atoms with Crippen molar-refractivity contribution in [1.82, 2.24) is 5.09 Å². The van der Waals surface area contributed by atoms with Gasteiger partial charge in [0.05, 0.1) is 0 Å². The number of nitrogens with one attached hydrogen (secondary N) is 1. The van der Waals surface area contributed by atoms with Crippen LogP contribution in [0.1, 0.15) is 20.8 Å². The minimum atomic E-state index is -2.52. The highest BCUT2D eigenvalue weighted by atomic mass is 32.7. The Morgan fingerprint density at radius 1 is 1.54 bits per heavy atom. The normalized spacial score (nSPS) is 14.5. The Balaban J connectivity index is 4.36. The molecule has 0 aliphatic carbocycles. The predicted molar refractivity (Wildman–Crippen MR) is 59.2 cm³/mol. The first-order valence-electron chi connectivity index (χ1n) is 4.05. The Kier molecular flexibility index (Phi) is 5.42. The second-order valence-electron chi connectivity index (χ2n) is 2.87. The quantitative estimate of drug-likeness (QED) is 0.586. The molecule has 1 amide bonds. The molecule has 0 saturated carbocycles. The average Bonchev–Trinajstić information content (AvgIpc) is 2.02. The molecule has 0 heterocycles. The molecule has 1 N–H and O–H groups in total. The molecule has 0 fully saturated rings. The zero-order valence-corrected chi connectivity index (χ0v) is 10.2. The summed E-state index contributed by atoms with van der Waals surface area (Å²) in [5.74, 6) is -0.264. The highest BCUT2D eigenvalue weighted by Crippen LogP contribution is 2.52. The molecule has 5 heteroatoms. The third kappa shape index (κ3) is 5.17. The second-order valence-corrected chi connectivity index (χ2v) is 8.30. The van der Waals surface area contributed by atoms with Crippen molar-refractivity contribution in [2.75, 3.05) is 12.4 Å². The number of rotatable bonds is 4. The first kappa shape index (κ1) is 12.8. The summed E-state index contributed by atoms with van der Waals surface area (Å²) in [6.45, 7) is 2.94. The van der Waals surface area contributed by atoms with Crippen LogP contribution in [0, 0.1) is 0 Å². The summed E-state index contributed by atoms with van der Waals surface area (Å²) in [6, 6.07) is 0. The van der Waals surface area contributed by atoms with Crippen molar-refractivity contribution >= 4 is 23.8 Å². The van der Waals surface area contributed by atoms with Gasteiger partial charge in [-0.2, -0.15) is 0 Å². The van der Waals surface area contributed by atoms with Crippen LogP contribution in [0.2, 0.25) is 0 Å². The van der Waals surface area contributed by atoms with Crippen molar-refractivity contribution in [3.8, 4) is 0 Å². The van der Waals surface area contributed by atoms with E-state index in [0.29, 0.717) is 6.16 Å². The molecular formula is C8H16NO2PS. The SMILES string of the molecule is CCP(=O)(NC(=O)C=C(C)C)SC. The Hall–Kier alpha value is -0.210. The minimum absolute atomic E-state index is 0.264. The van der Waals surface area contributed by atoms with E-state index in [9.17, 15) is 9.36 Å². The maximum absolute atomic E-state index is 11.7. The van der Waals surface area contributed by atoms with E-state index in [0.717, 1.165) is 5.57 Å². The lowest BCUT2D eigenvalue weighted by atomic mass is 10.3. The van der Waals surface area contributed by atoms with Crippen LogP contribution < -0.4 is 5.09 Å². The number of hydrogen-bond donors (Lipinski definition) is 1. The number of carbonyl (C=O) groups excluding carboxylic acids is 1. The molecule has 0 aliphatic heterocycles. The van der Waals surface area contributed by atoms with Crippen LogP contribution in [0.4, 0.5) is 0 Å². The summed E-state index contributed by atoms with van der Waals surface area (Å²) in [5, 5.41) is 2.53. The molecule has 0 aromatic rings. The van der Waals surface area contributed by atoms with E-state index in [2.05, 4.69) is 5.09 Å². The monoisotopic (exact) mass is 221 g/mol. The summed E-state index contributed by atoms with van der Waals surface area (Å²) >= 11 is 1.22. The average molecular weight is 221 g/mol. The van der Waals surface area contributed by atoms with Crippen LogP contribution in [0.15, 0.2) is 11.6 Å². The number of allylic oxidation sites excluding steroid dienone is 1. The van der Waals surface area contributed by atoms with Crippen LogP contribution in [0.3, 0.4) is 0 Å². The Morgan fingerprint density at radius 3 is 2.38 bits per heavy atom. The standard InChI is InChI=1S/C8H16NO2PS/c1-5-12(11,13-4)9-8(10)6-7(2)3/h6H,5H2,1-4H3,(H,9,10,11). The van der Waals surface area contributed by atoms with E-state index in [4.69, 9.17) is 0 Å². The molecule has 0 bridgehead atoms. The zero-order chi connectivity index (χ0) is 10.5. The van der Waals surface area contributed by atoms with Crippen molar-refractivity contribution in [1.29, 1.82) is 0 Å². The van der Waals surface area contributed by atoms with Gasteiger partial charge < -0.3 is 0 Å². The van der Waals surface area contributed by atoms with Crippen molar-refractivity contribution in [2.24, 2.45) is 0 Å². The van der Waals surface area contributed by atoms with Gasteiger partial charge in [-0.15, -0.1) is 0 Å². The molecule has 76 valence electrons. The van der Waals surface area contributed by atoms with Gasteiger partial charge in [0.25, 0.3) is 0 Å². The number of amides is 1. The van der Waals surface area contributed by atoms with Crippen molar-refractivity contribution in [2.45, 2.75) is 20.8 Å². The van der Waals surface area contributed by atoms with E-state index >= 15 is 0 Å². The fraction of sp³-hybridized carbons (Fsp3) is 0.625. The van der Waals surface area contributed by atoms with Gasteiger partial charge in [-0.25, -0.2) is 0 Å². The molecule has 0 aromatic carbocycles. The van der Waals surface area contributed by atoms with Gasteiger partial charge in [0.1, 0.15) is 0 Å². The fourth-order valence-corrected chi connectivity index (χ4v) is 2.94. The van der Waals surface area contributed by atoms with E-state index in [1.807, 2.05) is 13.8 Å². The molecule has 0 rings (SSSR count). The van der Waals surface area contributed by atoms with Gasteiger partial charge in [-0.05, 0) is 20.1 Å². The van der Waals surface area contributed by atoms with Crippen molar-refractivity contribution in [3.05, 3.63) is 11.6 Å². The lowest BCUT2D eigenvalue weighted by Gasteiger charge is -2.13. The second kappa shape index (κ2) is 5.51. The number of carbonyl (C=O) groups is 1. The van der Waals surface area contributed by atoms with Crippen LogP contribution in [-0.2, 0) is 9.36 Å². The van der Waals surface area contributed by atoms with Gasteiger partial charge >= 0.3 is 0 Å². The van der Waals surface area contributed by atoms with E-state index < -0.39 is 6.49 Å². The molecule has 1 atom stereocenters. The summed E-state index contributed by atoms with van der Waals surface area (Å²) in [4.78, 5) is 11.2. The lowest BCUT2D eigenvalue weighted by Crippen LogP contribution is -2.17. The Morgan fingerprint density at radius 2 is 2.08 bits per heavy atom. The van der Waals surface area contributed by atoms with Crippen molar-refractivity contribution in [3.63, 3.8) is 0 Å². The molecular weight excluding hydrogens is 205 g/mol. The molecule has 0 spiro atoms. The van der Waals surface area contributed by atoms with Gasteiger partial charge in [0.15, 0.2) is 0 Å². The van der Waals surface area contributed by atoms with Crippen LogP contribution in [0.25, 0.3) is 0 Å². The minimum Gasteiger partial charge on any atom is -0.295 e. The maximum Gasteiger partial charge on any atom is 0.249 e. The van der Waals surface area contributed by atoms with Gasteiger partial charge in [0.2, 0.25) is 12.4 Å². The third-order valence-corrected chi connectivity index (χ3v) is 6.21. The van der Waals surface area contributed by atoms with E-state index in [1.54, 1.807) is 13.2 Å². The highest BCUT2D eigenvalue weighted by molar-refractivity contribution is 8.57. The predicted octanol–water partition coefficient (Wildman–Crippen LogP) is 2.64. The Bertz CT molecular complexity index is 251.